The van der Waals surface area contributed by atoms with Crippen molar-refractivity contribution in [1.29, 1.82) is 0 Å². The molecule has 2 rings (SSSR count). The number of rotatable bonds is 5. The normalized spacial score (nSPS) is 22.9. The van der Waals surface area contributed by atoms with Gasteiger partial charge >= 0.3 is 0 Å². The van der Waals surface area contributed by atoms with E-state index in [2.05, 4.69) is 42.8 Å². The summed E-state index contributed by atoms with van der Waals surface area (Å²) in [6.45, 7) is 3.17. The fraction of sp³-hybridized carbons (Fsp3) is 0.571. The summed E-state index contributed by atoms with van der Waals surface area (Å²) in [4.78, 5) is 0. The maximum atomic E-state index is 6.06. The fourth-order valence-electron chi connectivity index (χ4n) is 2.36. The molecule has 1 aromatic rings. The van der Waals surface area contributed by atoms with Crippen molar-refractivity contribution in [3.63, 3.8) is 0 Å². The number of para-hydroxylation sites is 1. The minimum absolute atomic E-state index is 0.362. The molecule has 1 heterocycles. The van der Waals surface area contributed by atoms with Crippen molar-refractivity contribution >= 4 is 11.8 Å². The second kappa shape index (κ2) is 6.31. The van der Waals surface area contributed by atoms with Gasteiger partial charge < -0.3 is 10.1 Å². The van der Waals surface area contributed by atoms with Gasteiger partial charge in [0.05, 0.1) is 0 Å². The van der Waals surface area contributed by atoms with Gasteiger partial charge in [0.1, 0.15) is 11.9 Å². The molecule has 1 aliphatic rings. The third-order valence-corrected chi connectivity index (χ3v) is 3.83. The lowest BCUT2D eigenvalue weighted by Gasteiger charge is -2.32. The zero-order valence-electron chi connectivity index (χ0n) is 10.6. The number of hydrogen-bond acceptors (Lipinski definition) is 3. The number of ether oxygens (including phenoxy) is 1. The van der Waals surface area contributed by atoms with E-state index >= 15 is 0 Å². The Balaban J connectivity index is 2.11. The molecule has 17 heavy (non-hydrogen) atoms. The van der Waals surface area contributed by atoms with Crippen LogP contribution in [-0.4, -0.2) is 24.7 Å². The van der Waals surface area contributed by atoms with Gasteiger partial charge in [-0.15, -0.1) is 0 Å². The molecule has 0 fully saturated rings. The van der Waals surface area contributed by atoms with E-state index in [-0.39, 0.29) is 0 Å². The minimum atomic E-state index is 0.362. The van der Waals surface area contributed by atoms with Gasteiger partial charge in [0, 0.05) is 18.0 Å². The lowest BCUT2D eigenvalue weighted by molar-refractivity contribution is 0.147. The fourth-order valence-corrected chi connectivity index (χ4v) is 2.86. The molecule has 0 aromatic heterocycles. The standard InChI is InChI=1S/C14H21NOS/c1-3-15-13-10-11(8-9-17-2)16-14-7-5-4-6-12(13)14/h4-7,11,13,15H,3,8-10H2,1-2H3. The van der Waals surface area contributed by atoms with Crippen LogP contribution in [0.4, 0.5) is 0 Å². The lowest BCUT2D eigenvalue weighted by atomic mass is 9.95. The first-order chi connectivity index (χ1) is 8.35. The van der Waals surface area contributed by atoms with Gasteiger partial charge in [0.15, 0.2) is 0 Å². The molecular weight excluding hydrogens is 230 g/mol. The summed E-state index contributed by atoms with van der Waals surface area (Å²) in [7, 11) is 0. The van der Waals surface area contributed by atoms with Crippen molar-refractivity contribution < 1.29 is 4.74 Å². The summed E-state index contributed by atoms with van der Waals surface area (Å²) < 4.78 is 6.06. The summed E-state index contributed by atoms with van der Waals surface area (Å²) in [6, 6.07) is 8.86. The zero-order chi connectivity index (χ0) is 12.1. The van der Waals surface area contributed by atoms with Crippen LogP contribution in [-0.2, 0) is 0 Å². The topological polar surface area (TPSA) is 21.3 Å². The van der Waals surface area contributed by atoms with Gasteiger partial charge in [-0.2, -0.15) is 11.8 Å². The molecule has 2 nitrogen and oxygen atoms in total. The highest BCUT2D eigenvalue weighted by Crippen LogP contribution is 2.35. The summed E-state index contributed by atoms with van der Waals surface area (Å²) in [6.07, 6.45) is 4.74. The lowest BCUT2D eigenvalue weighted by Crippen LogP contribution is -2.33. The average Bonchev–Trinajstić information content (AvgIpc) is 2.37. The molecule has 0 saturated carbocycles. The molecule has 0 aliphatic carbocycles. The first kappa shape index (κ1) is 12.8. The Hall–Kier alpha value is -0.670. The molecular formula is C14H21NOS. The van der Waals surface area contributed by atoms with Crippen molar-refractivity contribution in [2.75, 3.05) is 18.6 Å². The van der Waals surface area contributed by atoms with E-state index in [0.717, 1.165) is 25.1 Å². The molecule has 2 unspecified atom stereocenters. The van der Waals surface area contributed by atoms with Crippen LogP contribution in [0.3, 0.4) is 0 Å². The highest BCUT2D eigenvalue weighted by atomic mass is 32.2. The summed E-state index contributed by atoms with van der Waals surface area (Å²) >= 11 is 1.89. The molecule has 1 aliphatic heterocycles. The van der Waals surface area contributed by atoms with Gasteiger partial charge in [-0.1, -0.05) is 25.1 Å². The highest BCUT2D eigenvalue weighted by molar-refractivity contribution is 7.98. The van der Waals surface area contributed by atoms with E-state index in [1.54, 1.807) is 0 Å². The van der Waals surface area contributed by atoms with E-state index in [1.807, 2.05) is 11.8 Å². The van der Waals surface area contributed by atoms with E-state index in [9.17, 15) is 0 Å². The largest absolute Gasteiger partial charge is 0.490 e. The van der Waals surface area contributed by atoms with E-state index in [4.69, 9.17) is 4.74 Å². The molecule has 1 aromatic carbocycles. The maximum Gasteiger partial charge on any atom is 0.124 e. The van der Waals surface area contributed by atoms with Crippen molar-refractivity contribution in [2.45, 2.75) is 31.9 Å². The van der Waals surface area contributed by atoms with E-state index in [1.165, 1.54) is 11.3 Å². The molecule has 0 amide bonds. The van der Waals surface area contributed by atoms with Crippen molar-refractivity contribution in [3.05, 3.63) is 29.8 Å². The first-order valence-electron chi connectivity index (χ1n) is 6.33. The molecule has 0 bridgehead atoms. The van der Waals surface area contributed by atoms with Crippen LogP contribution in [0.25, 0.3) is 0 Å². The summed E-state index contributed by atoms with van der Waals surface area (Å²) in [5.41, 5.74) is 1.31. The summed E-state index contributed by atoms with van der Waals surface area (Å²) in [5, 5.41) is 3.56. The van der Waals surface area contributed by atoms with Crippen molar-refractivity contribution in [2.24, 2.45) is 0 Å². The van der Waals surface area contributed by atoms with Gasteiger partial charge in [0.25, 0.3) is 0 Å². The Bertz CT molecular complexity index is 356. The third-order valence-electron chi connectivity index (χ3n) is 3.18. The second-order valence-corrected chi connectivity index (χ2v) is 5.39. The van der Waals surface area contributed by atoms with Gasteiger partial charge in [-0.25, -0.2) is 0 Å². The SMILES string of the molecule is CCNC1CC(CCSC)Oc2ccccc21. The Morgan fingerprint density at radius 1 is 1.41 bits per heavy atom. The number of thioether (sulfide) groups is 1. The smallest absolute Gasteiger partial charge is 0.124 e. The first-order valence-corrected chi connectivity index (χ1v) is 7.72. The number of nitrogens with one attached hydrogen (secondary N) is 1. The van der Waals surface area contributed by atoms with Gasteiger partial charge in [-0.3, -0.25) is 0 Å². The zero-order valence-corrected chi connectivity index (χ0v) is 11.4. The molecule has 0 saturated heterocycles. The number of hydrogen-bond donors (Lipinski definition) is 1. The van der Waals surface area contributed by atoms with E-state index < -0.39 is 0 Å². The quantitative estimate of drug-likeness (QED) is 0.868. The van der Waals surface area contributed by atoms with Crippen LogP contribution in [0.15, 0.2) is 24.3 Å². The number of fused-ring (bicyclic) bond motifs is 1. The molecule has 0 spiro atoms. The number of benzene rings is 1. The highest BCUT2D eigenvalue weighted by Gasteiger charge is 2.26. The van der Waals surface area contributed by atoms with Crippen LogP contribution >= 0.6 is 11.8 Å². The second-order valence-electron chi connectivity index (χ2n) is 4.41. The predicted molar refractivity (Wildman–Crippen MR) is 74.9 cm³/mol. The molecule has 0 radical (unpaired) electrons. The van der Waals surface area contributed by atoms with E-state index in [0.29, 0.717) is 12.1 Å². The molecule has 2 atom stereocenters. The molecule has 94 valence electrons. The van der Waals surface area contributed by atoms with Crippen molar-refractivity contribution in [3.8, 4) is 5.75 Å². The summed E-state index contributed by atoms with van der Waals surface area (Å²) in [5.74, 6) is 2.24. The van der Waals surface area contributed by atoms with Crippen LogP contribution in [0, 0.1) is 0 Å². The Kier molecular flexibility index (Phi) is 4.75. The average molecular weight is 251 g/mol. The van der Waals surface area contributed by atoms with Crippen LogP contribution in [0.5, 0.6) is 5.75 Å². The molecule has 1 N–H and O–H groups in total. The van der Waals surface area contributed by atoms with Gasteiger partial charge in [0.2, 0.25) is 0 Å². The maximum absolute atomic E-state index is 6.06. The molecule has 3 heteroatoms. The minimum Gasteiger partial charge on any atom is -0.490 e. The predicted octanol–water partition coefficient (Wildman–Crippen LogP) is 3.24. The van der Waals surface area contributed by atoms with Crippen LogP contribution in [0.1, 0.15) is 31.4 Å². The monoisotopic (exact) mass is 251 g/mol. The third kappa shape index (κ3) is 3.17. The van der Waals surface area contributed by atoms with Gasteiger partial charge in [-0.05, 0) is 31.0 Å². The Labute approximate surface area is 108 Å². The Morgan fingerprint density at radius 3 is 3.00 bits per heavy atom. The van der Waals surface area contributed by atoms with Crippen molar-refractivity contribution in [1.82, 2.24) is 5.32 Å². The Morgan fingerprint density at radius 2 is 2.24 bits per heavy atom. The van der Waals surface area contributed by atoms with Crippen LogP contribution in [0.2, 0.25) is 0 Å². The van der Waals surface area contributed by atoms with Crippen LogP contribution < -0.4 is 10.1 Å².